The lowest BCUT2D eigenvalue weighted by molar-refractivity contribution is -0.174. The van der Waals surface area contributed by atoms with Gasteiger partial charge in [-0.1, -0.05) is 32.1 Å². The van der Waals surface area contributed by atoms with Crippen LogP contribution in [0.3, 0.4) is 0 Å². The molecule has 15 heavy (non-hydrogen) atoms. The van der Waals surface area contributed by atoms with Crippen molar-refractivity contribution in [2.45, 2.75) is 63.4 Å². The van der Waals surface area contributed by atoms with Gasteiger partial charge < -0.3 is 10.2 Å². The van der Waals surface area contributed by atoms with Gasteiger partial charge in [0.25, 0.3) is 0 Å². The molecule has 0 atom stereocenters. The number of aliphatic carboxylic acids is 1. The van der Waals surface area contributed by atoms with E-state index in [4.69, 9.17) is 0 Å². The first kappa shape index (κ1) is 10.9. The molecule has 86 valence electrons. The van der Waals surface area contributed by atoms with Gasteiger partial charge in [0.1, 0.15) is 0 Å². The molecule has 2 aliphatic carbocycles. The van der Waals surface area contributed by atoms with Gasteiger partial charge in [0.15, 0.2) is 0 Å². The van der Waals surface area contributed by atoms with Crippen LogP contribution in [-0.2, 0) is 4.79 Å². The SMILES string of the molecule is O=C(O)C1(C2(O)CCCC2)CCCCC1. The van der Waals surface area contributed by atoms with Gasteiger partial charge >= 0.3 is 5.97 Å². The third kappa shape index (κ3) is 1.57. The Morgan fingerprint density at radius 2 is 1.33 bits per heavy atom. The molecule has 2 N–H and O–H groups in total. The van der Waals surface area contributed by atoms with Crippen LogP contribution in [0.2, 0.25) is 0 Å². The van der Waals surface area contributed by atoms with Crippen molar-refractivity contribution < 1.29 is 15.0 Å². The van der Waals surface area contributed by atoms with Crippen molar-refractivity contribution >= 4 is 5.97 Å². The first-order chi connectivity index (χ1) is 7.11. The molecule has 2 fully saturated rings. The molecule has 0 spiro atoms. The molecule has 0 aromatic carbocycles. The summed E-state index contributed by atoms with van der Waals surface area (Å²) in [4.78, 5) is 11.5. The Bertz CT molecular complexity index is 248. The number of aliphatic hydroxyl groups is 1. The second-order valence-electron chi connectivity index (χ2n) is 5.19. The number of carboxylic acids is 1. The van der Waals surface area contributed by atoms with Crippen LogP contribution >= 0.6 is 0 Å². The summed E-state index contributed by atoms with van der Waals surface area (Å²) >= 11 is 0. The van der Waals surface area contributed by atoms with Crippen LogP contribution in [0.25, 0.3) is 0 Å². The van der Waals surface area contributed by atoms with E-state index < -0.39 is 17.0 Å². The molecule has 0 unspecified atom stereocenters. The molecule has 3 heteroatoms. The quantitative estimate of drug-likeness (QED) is 0.738. The highest BCUT2D eigenvalue weighted by molar-refractivity contribution is 5.76. The molecule has 3 nitrogen and oxygen atoms in total. The van der Waals surface area contributed by atoms with E-state index in [0.29, 0.717) is 25.7 Å². The predicted molar refractivity (Wildman–Crippen MR) is 56.6 cm³/mol. The third-order valence-electron chi connectivity index (χ3n) is 4.44. The zero-order valence-electron chi connectivity index (χ0n) is 9.17. The molecule has 0 radical (unpaired) electrons. The number of carbonyl (C=O) groups is 1. The maximum absolute atomic E-state index is 11.5. The first-order valence-corrected chi connectivity index (χ1v) is 6.07. The zero-order chi connectivity index (χ0) is 10.9. The van der Waals surface area contributed by atoms with Crippen LogP contribution in [0.15, 0.2) is 0 Å². The van der Waals surface area contributed by atoms with Crippen LogP contribution in [0.1, 0.15) is 57.8 Å². The number of hydrogen-bond acceptors (Lipinski definition) is 2. The summed E-state index contributed by atoms with van der Waals surface area (Å²) in [5.41, 5.74) is -1.75. The summed E-state index contributed by atoms with van der Waals surface area (Å²) in [6.07, 6.45) is 7.67. The summed E-state index contributed by atoms with van der Waals surface area (Å²) in [5.74, 6) is -0.772. The summed E-state index contributed by atoms with van der Waals surface area (Å²) in [6.45, 7) is 0. The highest BCUT2D eigenvalue weighted by Gasteiger charge is 2.56. The predicted octanol–water partition coefficient (Wildman–Crippen LogP) is 2.33. The van der Waals surface area contributed by atoms with E-state index in [2.05, 4.69) is 0 Å². The van der Waals surface area contributed by atoms with Gasteiger partial charge in [-0.2, -0.15) is 0 Å². The molecule has 0 aliphatic heterocycles. The van der Waals surface area contributed by atoms with Crippen LogP contribution < -0.4 is 0 Å². The average molecular weight is 212 g/mol. The Morgan fingerprint density at radius 3 is 1.80 bits per heavy atom. The Balaban J connectivity index is 2.28. The smallest absolute Gasteiger partial charge is 0.312 e. The number of carboxylic acid groups (broad SMARTS) is 1. The van der Waals surface area contributed by atoms with E-state index in [0.717, 1.165) is 32.1 Å². The van der Waals surface area contributed by atoms with Crippen molar-refractivity contribution in [3.63, 3.8) is 0 Å². The van der Waals surface area contributed by atoms with E-state index >= 15 is 0 Å². The van der Waals surface area contributed by atoms with E-state index in [-0.39, 0.29) is 0 Å². The van der Waals surface area contributed by atoms with Crippen LogP contribution in [0.4, 0.5) is 0 Å². The average Bonchev–Trinajstić information content (AvgIpc) is 2.67. The molecular formula is C12H20O3. The summed E-state index contributed by atoms with van der Waals surface area (Å²) < 4.78 is 0. The summed E-state index contributed by atoms with van der Waals surface area (Å²) in [5, 5.41) is 20.0. The van der Waals surface area contributed by atoms with Crippen molar-refractivity contribution in [2.75, 3.05) is 0 Å². The first-order valence-electron chi connectivity index (χ1n) is 6.07. The minimum Gasteiger partial charge on any atom is -0.481 e. The Kier molecular flexibility index (Phi) is 2.75. The molecule has 0 bridgehead atoms. The van der Waals surface area contributed by atoms with Gasteiger partial charge in [-0.05, 0) is 25.7 Å². The molecular weight excluding hydrogens is 192 g/mol. The second kappa shape index (κ2) is 3.78. The minimum atomic E-state index is -0.917. The Morgan fingerprint density at radius 1 is 0.867 bits per heavy atom. The van der Waals surface area contributed by atoms with Crippen LogP contribution in [0, 0.1) is 5.41 Å². The van der Waals surface area contributed by atoms with E-state index in [1.165, 1.54) is 0 Å². The van der Waals surface area contributed by atoms with E-state index in [1.807, 2.05) is 0 Å². The standard InChI is InChI=1S/C12H20O3/c13-10(14)11(6-2-1-3-7-11)12(15)8-4-5-9-12/h15H,1-9H2,(H,13,14). The van der Waals surface area contributed by atoms with Crippen molar-refractivity contribution in [3.8, 4) is 0 Å². The van der Waals surface area contributed by atoms with Crippen LogP contribution in [-0.4, -0.2) is 21.8 Å². The van der Waals surface area contributed by atoms with Gasteiger partial charge in [-0.3, -0.25) is 4.79 Å². The number of hydrogen-bond donors (Lipinski definition) is 2. The summed E-state index contributed by atoms with van der Waals surface area (Å²) in [7, 11) is 0. The highest BCUT2D eigenvalue weighted by Crippen LogP contribution is 2.52. The lowest BCUT2D eigenvalue weighted by Crippen LogP contribution is -2.52. The highest BCUT2D eigenvalue weighted by atomic mass is 16.4. The second-order valence-corrected chi connectivity index (χ2v) is 5.19. The Labute approximate surface area is 90.5 Å². The van der Waals surface area contributed by atoms with Crippen molar-refractivity contribution in [1.29, 1.82) is 0 Å². The largest absolute Gasteiger partial charge is 0.481 e. The molecule has 0 amide bonds. The van der Waals surface area contributed by atoms with Crippen LogP contribution in [0.5, 0.6) is 0 Å². The molecule has 2 aliphatic rings. The van der Waals surface area contributed by atoms with Gasteiger partial charge in [0, 0.05) is 0 Å². The van der Waals surface area contributed by atoms with Gasteiger partial charge in [0.2, 0.25) is 0 Å². The normalized spacial score (nSPS) is 28.9. The fourth-order valence-electron chi connectivity index (χ4n) is 3.47. The van der Waals surface area contributed by atoms with E-state index in [1.54, 1.807) is 0 Å². The molecule has 0 aromatic heterocycles. The Hall–Kier alpha value is -0.570. The van der Waals surface area contributed by atoms with Crippen molar-refractivity contribution in [3.05, 3.63) is 0 Å². The maximum Gasteiger partial charge on any atom is 0.312 e. The minimum absolute atomic E-state index is 0.666. The summed E-state index contributed by atoms with van der Waals surface area (Å²) in [6, 6.07) is 0. The lowest BCUT2D eigenvalue weighted by atomic mass is 9.62. The topological polar surface area (TPSA) is 57.5 Å². The molecule has 0 saturated heterocycles. The molecule has 0 aromatic rings. The zero-order valence-corrected chi connectivity index (χ0v) is 9.17. The van der Waals surface area contributed by atoms with Gasteiger partial charge in [-0.15, -0.1) is 0 Å². The van der Waals surface area contributed by atoms with Gasteiger partial charge in [0.05, 0.1) is 11.0 Å². The fraction of sp³-hybridized carbons (Fsp3) is 0.917. The van der Waals surface area contributed by atoms with Crippen molar-refractivity contribution in [1.82, 2.24) is 0 Å². The van der Waals surface area contributed by atoms with E-state index in [9.17, 15) is 15.0 Å². The lowest BCUT2D eigenvalue weighted by Gasteiger charge is -2.44. The molecule has 0 heterocycles. The maximum atomic E-state index is 11.5. The monoisotopic (exact) mass is 212 g/mol. The van der Waals surface area contributed by atoms with Gasteiger partial charge in [-0.25, -0.2) is 0 Å². The van der Waals surface area contributed by atoms with Crippen molar-refractivity contribution in [2.24, 2.45) is 5.41 Å². The fourth-order valence-corrected chi connectivity index (χ4v) is 3.47. The molecule has 2 saturated carbocycles. The number of rotatable bonds is 2. The third-order valence-corrected chi connectivity index (χ3v) is 4.44. The molecule has 2 rings (SSSR count).